The van der Waals surface area contributed by atoms with Crippen LogP contribution in [0.1, 0.15) is 32.6 Å². The number of hydrogen-bond acceptors (Lipinski definition) is 2. The molecule has 0 aromatic heterocycles. The SMILES string of the molecule is CCNC1CCCC1N1CC2CC2C1. The van der Waals surface area contributed by atoms with Gasteiger partial charge in [0.1, 0.15) is 0 Å². The Labute approximate surface area is 87.0 Å². The van der Waals surface area contributed by atoms with Gasteiger partial charge in [-0.05, 0) is 37.6 Å². The molecular formula is C12H22N2. The monoisotopic (exact) mass is 194 g/mol. The van der Waals surface area contributed by atoms with Crippen LogP contribution in [-0.4, -0.2) is 36.6 Å². The van der Waals surface area contributed by atoms with Gasteiger partial charge in [-0.1, -0.05) is 13.3 Å². The maximum atomic E-state index is 3.66. The second-order valence-corrected chi connectivity index (χ2v) is 5.37. The normalized spacial score (nSPS) is 46.9. The smallest absolute Gasteiger partial charge is 0.0249 e. The summed E-state index contributed by atoms with van der Waals surface area (Å²) in [6, 6.07) is 1.68. The molecule has 0 spiro atoms. The minimum absolute atomic E-state index is 0.803. The Morgan fingerprint density at radius 2 is 2.00 bits per heavy atom. The van der Waals surface area contributed by atoms with E-state index in [0.717, 1.165) is 30.5 Å². The van der Waals surface area contributed by atoms with Crippen LogP contribution in [0.25, 0.3) is 0 Å². The topological polar surface area (TPSA) is 15.3 Å². The fraction of sp³-hybridized carbons (Fsp3) is 1.00. The van der Waals surface area contributed by atoms with Crippen LogP contribution >= 0.6 is 0 Å². The quantitative estimate of drug-likeness (QED) is 0.732. The van der Waals surface area contributed by atoms with Gasteiger partial charge < -0.3 is 5.32 Å². The highest BCUT2D eigenvalue weighted by Gasteiger charge is 2.48. The van der Waals surface area contributed by atoms with Crippen LogP contribution in [0.5, 0.6) is 0 Å². The van der Waals surface area contributed by atoms with Gasteiger partial charge in [0.15, 0.2) is 0 Å². The number of rotatable bonds is 3. The van der Waals surface area contributed by atoms with Crippen LogP contribution in [-0.2, 0) is 0 Å². The molecule has 80 valence electrons. The third kappa shape index (κ3) is 1.49. The van der Waals surface area contributed by atoms with Crippen molar-refractivity contribution in [1.29, 1.82) is 0 Å². The molecule has 2 saturated carbocycles. The van der Waals surface area contributed by atoms with Crippen LogP contribution in [0.15, 0.2) is 0 Å². The third-order valence-electron chi connectivity index (χ3n) is 4.42. The van der Waals surface area contributed by atoms with E-state index in [1.54, 1.807) is 0 Å². The van der Waals surface area contributed by atoms with E-state index in [9.17, 15) is 0 Å². The van der Waals surface area contributed by atoms with Crippen molar-refractivity contribution in [1.82, 2.24) is 10.2 Å². The zero-order valence-electron chi connectivity index (χ0n) is 9.21. The van der Waals surface area contributed by atoms with Gasteiger partial charge in [-0.15, -0.1) is 0 Å². The zero-order valence-corrected chi connectivity index (χ0v) is 9.21. The van der Waals surface area contributed by atoms with Gasteiger partial charge in [0.2, 0.25) is 0 Å². The molecule has 0 amide bonds. The van der Waals surface area contributed by atoms with Gasteiger partial charge in [0.05, 0.1) is 0 Å². The first-order chi connectivity index (χ1) is 6.88. The van der Waals surface area contributed by atoms with E-state index in [4.69, 9.17) is 0 Å². The number of likely N-dealkylation sites (tertiary alicyclic amines) is 1. The van der Waals surface area contributed by atoms with Crippen molar-refractivity contribution in [2.45, 2.75) is 44.7 Å². The van der Waals surface area contributed by atoms with Crippen molar-refractivity contribution in [2.75, 3.05) is 19.6 Å². The predicted octanol–water partition coefficient (Wildman–Crippen LogP) is 1.47. The lowest BCUT2D eigenvalue weighted by Gasteiger charge is -2.30. The van der Waals surface area contributed by atoms with Crippen LogP contribution in [0.3, 0.4) is 0 Å². The molecule has 2 heteroatoms. The van der Waals surface area contributed by atoms with E-state index >= 15 is 0 Å². The minimum atomic E-state index is 0.803. The van der Waals surface area contributed by atoms with Crippen molar-refractivity contribution in [2.24, 2.45) is 11.8 Å². The highest BCUT2D eigenvalue weighted by Crippen LogP contribution is 2.46. The van der Waals surface area contributed by atoms with E-state index in [1.165, 1.54) is 38.8 Å². The van der Waals surface area contributed by atoms with E-state index in [-0.39, 0.29) is 0 Å². The molecule has 3 rings (SSSR count). The molecular weight excluding hydrogens is 172 g/mol. The lowest BCUT2D eigenvalue weighted by atomic mass is 10.1. The summed E-state index contributed by atoms with van der Waals surface area (Å²) in [5.74, 6) is 2.19. The molecule has 1 N–H and O–H groups in total. The summed E-state index contributed by atoms with van der Waals surface area (Å²) in [6.07, 6.45) is 5.82. The first-order valence-electron chi connectivity index (χ1n) is 6.36. The Balaban J connectivity index is 1.59. The molecule has 3 aliphatic rings. The number of nitrogens with one attached hydrogen (secondary N) is 1. The molecule has 1 saturated heterocycles. The van der Waals surface area contributed by atoms with Gasteiger partial charge in [-0.3, -0.25) is 4.90 Å². The molecule has 1 heterocycles. The number of likely N-dealkylation sites (N-methyl/N-ethyl adjacent to an activating group) is 1. The molecule has 2 nitrogen and oxygen atoms in total. The van der Waals surface area contributed by atoms with Crippen LogP contribution in [0, 0.1) is 11.8 Å². The first-order valence-corrected chi connectivity index (χ1v) is 6.36. The number of hydrogen-bond donors (Lipinski definition) is 1. The fourth-order valence-electron chi connectivity index (χ4n) is 3.58. The average molecular weight is 194 g/mol. The summed E-state index contributed by atoms with van der Waals surface area (Å²) in [7, 11) is 0. The largest absolute Gasteiger partial charge is 0.313 e. The summed E-state index contributed by atoms with van der Waals surface area (Å²) >= 11 is 0. The van der Waals surface area contributed by atoms with Gasteiger partial charge in [-0.25, -0.2) is 0 Å². The molecule has 0 radical (unpaired) electrons. The van der Waals surface area contributed by atoms with E-state index < -0.39 is 0 Å². The maximum Gasteiger partial charge on any atom is 0.0249 e. The van der Waals surface area contributed by atoms with Crippen LogP contribution < -0.4 is 5.32 Å². The Morgan fingerprint density at radius 3 is 2.71 bits per heavy atom. The summed E-state index contributed by atoms with van der Waals surface area (Å²) in [5, 5.41) is 3.66. The first kappa shape index (κ1) is 9.17. The Hall–Kier alpha value is -0.0800. The minimum Gasteiger partial charge on any atom is -0.313 e. The second-order valence-electron chi connectivity index (χ2n) is 5.37. The second kappa shape index (κ2) is 3.49. The van der Waals surface area contributed by atoms with Crippen molar-refractivity contribution in [3.05, 3.63) is 0 Å². The summed E-state index contributed by atoms with van der Waals surface area (Å²) in [6.45, 7) is 6.20. The van der Waals surface area contributed by atoms with E-state index in [1.807, 2.05) is 0 Å². The van der Waals surface area contributed by atoms with Gasteiger partial charge in [0.25, 0.3) is 0 Å². The van der Waals surface area contributed by atoms with Crippen molar-refractivity contribution in [3.63, 3.8) is 0 Å². The van der Waals surface area contributed by atoms with Crippen molar-refractivity contribution >= 4 is 0 Å². The van der Waals surface area contributed by atoms with Crippen LogP contribution in [0.4, 0.5) is 0 Å². The molecule has 4 unspecified atom stereocenters. The summed E-state index contributed by atoms with van der Waals surface area (Å²) < 4.78 is 0. The van der Waals surface area contributed by atoms with Crippen molar-refractivity contribution < 1.29 is 0 Å². The maximum absolute atomic E-state index is 3.66. The molecule has 1 aliphatic heterocycles. The predicted molar refractivity (Wildman–Crippen MR) is 58.3 cm³/mol. The van der Waals surface area contributed by atoms with Gasteiger partial charge in [0, 0.05) is 25.2 Å². The highest BCUT2D eigenvalue weighted by molar-refractivity contribution is 5.02. The molecule has 2 aliphatic carbocycles. The number of fused-ring (bicyclic) bond motifs is 1. The van der Waals surface area contributed by atoms with E-state index in [0.29, 0.717) is 0 Å². The van der Waals surface area contributed by atoms with E-state index in [2.05, 4.69) is 17.1 Å². The third-order valence-corrected chi connectivity index (χ3v) is 4.42. The van der Waals surface area contributed by atoms with Crippen LogP contribution in [0.2, 0.25) is 0 Å². The molecule has 3 fully saturated rings. The molecule has 0 bridgehead atoms. The van der Waals surface area contributed by atoms with Gasteiger partial charge >= 0.3 is 0 Å². The molecule has 0 aromatic carbocycles. The molecule has 14 heavy (non-hydrogen) atoms. The zero-order chi connectivity index (χ0) is 9.54. The molecule has 4 atom stereocenters. The highest BCUT2D eigenvalue weighted by atomic mass is 15.2. The Bertz CT molecular complexity index is 206. The number of nitrogens with zero attached hydrogens (tertiary/aromatic N) is 1. The lowest BCUT2D eigenvalue weighted by molar-refractivity contribution is 0.193. The molecule has 0 aromatic rings. The van der Waals surface area contributed by atoms with Crippen molar-refractivity contribution in [3.8, 4) is 0 Å². The lowest BCUT2D eigenvalue weighted by Crippen LogP contribution is -2.46. The summed E-state index contributed by atoms with van der Waals surface area (Å²) in [5.41, 5.74) is 0. The fourth-order valence-corrected chi connectivity index (χ4v) is 3.58. The number of piperidine rings is 1. The Morgan fingerprint density at radius 1 is 1.21 bits per heavy atom. The standard InChI is InChI=1S/C12H22N2/c1-2-13-11-4-3-5-12(11)14-7-9-6-10(9)8-14/h9-13H,2-8H2,1H3. The summed E-state index contributed by atoms with van der Waals surface area (Å²) in [4.78, 5) is 2.78. The average Bonchev–Trinajstić information content (AvgIpc) is 2.67. The Kier molecular flexibility index (Phi) is 2.29. The van der Waals surface area contributed by atoms with Gasteiger partial charge in [-0.2, -0.15) is 0 Å².